The lowest BCUT2D eigenvalue weighted by Crippen LogP contribution is -2.64. The van der Waals surface area contributed by atoms with Gasteiger partial charge < -0.3 is 14.7 Å². The van der Waals surface area contributed by atoms with Crippen LogP contribution >= 0.6 is 0 Å². The molecule has 2 aliphatic carbocycles. The van der Waals surface area contributed by atoms with Crippen LogP contribution in [0.15, 0.2) is 0 Å². The van der Waals surface area contributed by atoms with Crippen LogP contribution in [0.3, 0.4) is 0 Å². The third kappa shape index (κ3) is 2.80. The van der Waals surface area contributed by atoms with Gasteiger partial charge in [-0.2, -0.15) is 0 Å². The topological polar surface area (TPSA) is 49.8 Å². The van der Waals surface area contributed by atoms with Crippen molar-refractivity contribution in [1.29, 1.82) is 0 Å². The fourth-order valence-electron chi connectivity index (χ4n) is 4.36. The number of amides is 1. The number of hydrogen-bond acceptors (Lipinski definition) is 3. The number of ether oxygens (including phenoxy) is 1. The fourth-order valence-corrected chi connectivity index (χ4v) is 4.36. The number of aliphatic hydroxyl groups is 1. The van der Waals surface area contributed by atoms with E-state index in [4.69, 9.17) is 4.74 Å². The van der Waals surface area contributed by atoms with Gasteiger partial charge in [0.1, 0.15) is 11.2 Å². The van der Waals surface area contributed by atoms with E-state index in [1.165, 1.54) is 25.7 Å². The van der Waals surface area contributed by atoms with Gasteiger partial charge in [0.15, 0.2) is 0 Å². The van der Waals surface area contributed by atoms with Crippen LogP contribution in [0.4, 0.5) is 4.79 Å². The molecule has 3 atom stereocenters. The molecule has 1 amide bonds. The van der Waals surface area contributed by atoms with Crippen LogP contribution in [0.1, 0.15) is 52.9 Å². The average molecular weight is 281 g/mol. The van der Waals surface area contributed by atoms with Crippen LogP contribution < -0.4 is 0 Å². The highest BCUT2D eigenvalue weighted by Crippen LogP contribution is 2.51. The standard InChI is InChI=1S/C16H27NO3/c1-15(2,3)20-14(18)17-9-16(19,10-17)8-13-7-11-4-5-12(13)6-11/h11-13,19H,4-10H2,1-3H3. The van der Waals surface area contributed by atoms with Crippen LogP contribution in [0.5, 0.6) is 0 Å². The van der Waals surface area contributed by atoms with E-state index in [2.05, 4.69) is 0 Å². The fraction of sp³-hybridized carbons (Fsp3) is 0.938. The van der Waals surface area contributed by atoms with Gasteiger partial charge in [0.2, 0.25) is 0 Å². The Morgan fingerprint density at radius 1 is 1.30 bits per heavy atom. The highest BCUT2D eigenvalue weighted by molar-refractivity contribution is 5.69. The molecule has 2 saturated carbocycles. The third-order valence-electron chi connectivity index (χ3n) is 5.15. The van der Waals surface area contributed by atoms with Gasteiger partial charge in [0.05, 0.1) is 13.1 Å². The summed E-state index contributed by atoms with van der Waals surface area (Å²) in [6.45, 7) is 6.48. The van der Waals surface area contributed by atoms with E-state index in [1.807, 2.05) is 20.8 Å². The maximum Gasteiger partial charge on any atom is 0.410 e. The summed E-state index contributed by atoms with van der Waals surface area (Å²) in [4.78, 5) is 13.5. The zero-order valence-corrected chi connectivity index (χ0v) is 12.9. The van der Waals surface area contributed by atoms with Crippen LogP contribution in [0.25, 0.3) is 0 Å². The molecular formula is C16H27NO3. The SMILES string of the molecule is CC(C)(C)OC(=O)N1CC(O)(CC2CC3CCC2C3)C1. The van der Waals surface area contributed by atoms with Crippen molar-refractivity contribution in [3.63, 3.8) is 0 Å². The molecule has 2 bridgehead atoms. The van der Waals surface area contributed by atoms with Crippen molar-refractivity contribution in [2.24, 2.45) is 17.8 Å². The molecule has 0 aromatic rings. The number of carbonyl (C=O) groups excluding carboxylic acids is 1. The molecule has 3 rings (SSSR count). The zero-order chi connectivity index (χ0) is 14.5. The summed E-state index contributed by atoms with van der Waals surface area (Å²) < 4.78 is 5.33. The molecule has 0 spiro atoms. The summed E-state index contributed by atoms with van der Waals surface area (Å²) >= 11 is 0. The first kappa shape index (κ1) is 14.2. The molecule has 114 valence electrons. The predicted molar refractivity (Wildman–Crippen MR) is 76.3 cm³/mol. The van der Waals surface area contributed by atoms with Crippen molar-refractivity contribution in [2.75, 3.05) is 13.1 Å². The molecular weight excluding hydrogens is 254 g/mol. The molecule has 0 radical (unpaired) electrons. The van der Waals surface area contributed by atoms with E-state index in [-0.39, 0.29) is 6.09 Å². The van der Waals surface area contributed by atoms with Gasteiger partial charge in [-0.3, -0.25) is 0 Å². The number of likely N-dealkylation sites (tertiary alicyclic amines) is 1. The second-order valence-corrected chi connectivity index (χ2v) is 8.20. The van der Waals surface area contributed by atoms with Crippen molar-refractivity contribution >= 4 is 6.09 Å². The molecule has 1 heterocycles. The second kappa shape index (κ2) is 4.62. The molecule has 4 nitrogen and oxygen atoms in total. The van der Waals surface area contributed by atoms with E-state index in [1.54, 1.807) is 4.90 Å². The minimum absolute atomic E-state index is 0.296. The van der Waals surface area contributed by atoms with Crippen molar-refractivity contribution < 1.29 is 14.6 Å². The molecule has 0 aromatic heterocycles. The maximum atomic E-state index is 11.9. The maximum absolute atomic E-state index is 11.9. The minimum atomic E-state index is -0.661. The largest absolute Gasteiger partial charge is 0.444 e. The Morgan fingerprint density at radius 3 is 2.50 bits per heavy atom. The average Bonchev–Trinajstić information content (AvgIpc) is 2.84. The molecule has 20 heavy (non-hydrogen) atoms. The molecule has 4 heteroatoms. The lowest BCUT2D eigenvalue weighted by atomic mass is 9.77. The number of fused-ring (bicyclic) bond motifs is 2. The monoisotopic (exact) mass is 281 g/mol. The Morgan fingerprint density at radius 2 is 2.00 bits per heavy atom. The van der Waals surface area contributed by atoms with Gasteiger partial charge in [-0.1, -0.05) is 6.42 Å². The Bertz CT molecular complexity index is 395. The second-order valence-electron chi connectivity index (χ2n) is 8.20. The molecule has 1 N–H and O–H groups in total. The molecule has 1 saturated heterocycles. The predicted octanol–water partition coefficient (Wildman–Crippen LogP) is 2.79. The van der Waals surface area contributed by atoms with E-state index in [9.17, 15) is 9.90 Å². The molecule has 3 unspecified atom stereocenters. The molecule has 0 aromatic carbocycles. The first-order chi connectivity index (χ1) is 9.24. The quantitative estimate of drug-likeness (QED) is 0.846. The summed E-state index contributed by atoms with van der Waals surface area (Å²) in [6.07, 6.45) is 5.98. The highest BCUT2D eigenvalue weighted by atomic mass is 16.6. The van der Waals surface area contributed by atoms with Gasteiger partial charge in [0, 0.05) is 0 Å². The van der Waals surface area contributed by atoms with Crippen molar-refractivity contribution in [2.45, 2.75) is 64.1 Å². The first-order valence-corrected chi connectivity index (χ1v) is 7.94. The summed E-state index contributed by atoms with van der Waals surface area (Å²) in [5.41, 5.74) is -1.12. The van der Waals surface area contributed by atoms with Crippen LogP contribution in [-0.4, -0.2) is 40.4 Å². The van der Waals surface area contributed by atoms with E-state index in [0.717, 1.165) is 18.3 Å². The summed E-state index contributed by atoms with van der Waals surface area (Å²) in [7, 11) is 0. The molecule has 3 fully saturated rings. The van der Waals surface area contributed by atoms with Crippen molar-refractivity contribution in [3.8, 4) is 0 Å². The highest BCUT2D eigenvalue weighted by Gasteiger charge is 2.49. The number of β-amino-alcohol motifs (C(OH)–C–C–N with tert-alkyl or cyclic N) is 1. The lowest BCUT2D eigenvalue weighted by Gasteiger charge is -2.48. The summed E-state index contributed by atoms with van der Waals surface area (Å²) in [5.74, 6) is 2.43. The Labute approximate surface area is 121 Å². The molecule has 3 aliphatic rings. The van der Waals surface area contributed by atoms with E-state index >= 15 is 0 Å². The van der Waals surface area contributed by atoms with E-state index < -0.39 is 11.2 Å². The van der Waals surface area contributed by atoms with Gasteiger partial charge in [-0.15, -0.1) is 0 Å². The van der Waals surface area contributed by atoms with Crippen LogP contribution in [0, 0.1) is 17.8 Å². The molecule has 1 aliphatic heterocycles. The lowest BCUT2D eigenvalue weighted by molar-refractivity contribution is -0.113. The minimum Gasteiger partial charge on any atom is -0.444 e. The number of rotatable bonds is 2. The number of hydrogen-bond donors (Lipinski definition) is 1. The van der Waals surface area contributed by atoms with E-state index in [0.29, 0.717) is 19.0 Å². The van der Waals surface area contributed by atoms with Crippen molar-refractivity contribution in [3.05, 3.63) is 0 Å². The summed E-state index contributed by atoms with van der Waals surface area (Å²) in [6, 6.07) is 0. The third-order valence-corrected chi connectivity index (χ3v) is 5.15. The van der Waals surface area contributed by atoms with Gasteiger partial charge in [-0.25, -0.2) is 4.79 Å². The Hall–Kier alpha value is -0.770. The Balaban J connectivity index is 1.47. The van der Waals surface area contributed by atoms with Crippen molar-refractivity contribution in [1.82, 2.24) is 4.90 Å². The van der Waals surface area contributed by atoms with Gasteiger partial charge in [-0.05, 0) is 64.2 Å². The summed E-state index contributed by atoms with van der Waals surface area (Å²) in [5, 5.41) is 10.6. The number of carbonyl (C=O) groups is 1. The zero-order valence-electron chi connectivity index (χ0n) is 12.9. The Kier molecular flexibility index (Phi) is 3.27. The van der Waals surface area contributed by atoms with Crippen LogP contribution in [-0.2, 0) is 4.74 Å². The number of nitrogens with zero attached hydrogens (tertiary/aromatic N) is 1. The first-order valence-electron chi connectivity index (χ1n) is 7.94. The van der Waals surface area contributed by atoms with Crippen LogP contribution in [0.2, 0.25) is 0 Å². The van der Waals surface area contributed by atoms with Gasteiger partial charge >= 0.3 is 6.09 Å². The van der Waals surface area contributed by atoms with Gasteiger partial charge in [0.25, 0.3) is 0 Å². The normalized spacial score (nSPS) is 35.0. The smallest absolute Gasteiger partial charge is 0.410 e.